The first-order valence-corrected chi connectivity index (χ1v) is 3.39. The Balaban J connectivity index is 2.42. The highest BCUT2D eigenvalue weighted by molar-refractivity contribution is 8.02. The predicted molar refractivity (Wildman–Crippen MR) is 35.3 cm³/mol. The van der Waals surface area contributed by atoms with E-state index >= 15 is 0 Å². The van der Waals surface area contributed by atoms with Gasteiger partial charge in [0.25, 0.3) is 0 Å². The van der Waals surface area contributed by atoms with E-state index in [1.165, 1.54) is 5.75 Å². The van der Waals surface area contributed by atoms with Gasteiger partial charge < -0.3 is 0 Å². The lowest BCUT2D eigenvalue weighted by Gasteiger charge is -1.91. The van der Waals surface area contributed by atoms with Gasteiger partial charge >= 0.3 is 0 Å². The molecule has 0 saturated heterocycles. The van der Waals surface area contributed by atoms with Crippen molar-refractivity contribution in [3.05, 3.63) is 24.1 Å². The Morgan fingerprint density at radius 1 is 1.86 bits per heavy atom. The minimum atomic E-state index is 0.644. The van der Waals surface area contributed by atoms with E-state index < -0.39 is 0 Å². The van der Waals surface area contributed by atoms with Crippen molar-refractivity contribution in [3.63, 3.8) is 0 Å². The van der Waals surface area contributed by atoms with Crippen LogP contribution in [-0.2, 0) is 0 Å². The van der Waals surface area contributed by atoms with Crippen molar-refractivity contribution in [2.45, 2.75) is 0 Å². The first-order chi connectivity index (χ1) is 3.43. The van der Waals surface area contributed by atoms with E-state index in [-0.39, 0.29) is 0 Å². The van der Waals surface area contributed by atoms with Gasteiger partial charge in [0.15, 0.2) is 0 Å². The lowest BCUT2D eigenvalue weighted by Crippen LogP contribution is -1.86. The van der Waals surface area contributed by atoms with Crippen molar-refractivity contribution >= 4 is 11.8 Å². The molecule has 0 amide bonds. The van der Waals surface area contributed by atoms with E-state index in [0.717, 1.165) is 0 Å². The summed E-state index contributed by atoms with van der Waals surface area (Å²) in [4.78, 5) is 0. The van der Waals surface area contributed by atoms with Gasteiger partial charge in [-0.2, -0.15) is 0 Å². The molecule has 0 saturated carbocycles. The summed E-state index contributed by atoms with van der Waals surface area (Å²) in [6.45, 7) is 3.68. The standard InChI is InChI=1S/C6H8S/c1-2-6-3-4-7-5-6/h2-4,6H,1,5H2. The highest BCUT2D eigenvalue weighted by Crippen LogP contribution is 2.19. The van der Waals surface area contributed by atoms with Crippen LogP contribution in [0.3, 0.4) is 0 Å². The quantitative estimate of drug-likeness (QED) is 0.468. The first-order valence-electron chi connectivity index (χ1n) is 2.34. The smallest absolute Gasteiger partial charge is 0.00720 e. The summed E-state index contributed by atoms with van der Waals surface area (Å²) < 4.78 is 0. The van der Waals surface area contributed by atoms with Gasteiger partial charge in [0.2, 0.25) is 0 Å². The zero-order valence-electron chi connectivity index (χ0n) is 4.13. The monoisotopic (exact) mass is 112 g/mol. The molecule has 1 aliphatic rings. The van der Waals surface area contributed by atoms with Gasteiger partial charge in [-0.15, -0.1) is 18.3 Å². The van der Waals surface area contributed by atoms with Crippen molar-refractivity contribution in [3.8, 4) is 0 Å². The van der Waals surface area contributed by atoms with Crippen LogP contribution in [0.5, 0.6) is 0 Å². The maximum Gasteiger partial charge on any atom is 0.00720 e. The fourth-order valence-corrected chi connectivity index (χ4v) is 1.42. The highest BCUT2D eigenvalue weighted by atomic mass is 32.2. The Morgan fingerprint density at radius 2 is 2.71 bits per heavy atom. The lowest BCUT2D eigenvalue weighted by molar-refractivity contribution is 0.979. The molecule has 0 aromatic heterocycles. The molecule has 0 aromatic carbocycles. The molecule has 38 valence electrons. The Morgan fingerprint density at radius 3 is 3.00 bits per heavy atom. The lowest BCUT2D eigenvalue weighted by atomic mass is 10.2. The molecule has 1 heterocycles. The Bertz CT molecular complexity index is 94.4. The molecule has 0 bridgehead atoms. The van der Waals surface area contributed by atoms with Crippen LogP contribution in [-0.4, -0.2) is 5.75 Å². The van der Waals surface area contributed by atoms with Crippen molar-refractivity contribution in [1.82, 2.24) is 0 Å². The van der Waals surface area contributed by atoms with E-state index in [2.05, 4.69) is 18.1 Å². The Labute approximate surface area is 48.3 Å². The fourth-order valence-electron chi connectivity index (χ4n) is 0.525. The molecule has 1 heteroatoms. The summed E-state index contributed by atoms with van der Waals surface area (Å²) in [7, 11) is 0. The summed E-state index contributed by atoms with van der Waals surface area (Å²) >= 11 is 1.85. The molecule has 1 aliphatic heterocycles. The molecule has 1 rings (SSSR count). The van der Waals surface area contributed by atoms with Crippen LogP contribution in [0.15, 0.2) is 24.1 Å². The molecule has 7 heavy (non-hydrogen) atoms. The molecule has 0 radical (unpaired) electrons. The van der Waals surface area contributed by atoms with E-state index in [4.69, 9.17) is 0 Å². The summed E-state index contributed by atoms with van der Waals surface area (Å²) in [5.41, 5.74) is 0. The molecule has 0 N–H and O–H groups in total. The third kappa shape index (κ3) is 1.10. The normalized spacial score (nSPS) is 28.3. The van der Waals surface area contributed by atoms with Crippen LogP contribution in [0.2, 0.25) is 0 Å². The highest BCUT2D eigenvalue weighted by Gasteiger charge is 2.02. The average Bonchev–Trinajstić information content (AvgIpc) is 2.14. The number of rotatable bonds is 1. The molecule has 1 atom stereocenters. The average molecular weight is 112 g/mol. The van der Waals surface area contributed by atoms with Gasteiger partial charge in [0.05, 0.1) is 0 Å². The maximum atomic E-state index is 3.68. The van der Waals surface area contributed by atoms with Crippen molar-refractivity contribution in [1.29, 1.82) is 0 Å². The largest absolute Gasteiger partial charge is 0.134 e. The second-order valence-electron chi connectivity index (χ2n) is 1.56. The Kier molecular flexibility index (Phi) is 1.58. The fraction of sp³-hybridized carbons (Fsp3) is 0.333. The predicted octanol–water partition coefficient (Wildman–Crippen LogP) is 2.05. The third-order valence-corrected chi connectivity index (χ3v) is 1.94. The molecule has 0 nitrogen and oxygen atoms in total. The number of allylic oxidation sites excluding steroid dienone is 2. The topological polar surface area (TPSA) is 0 Å². The minimum absolute atomic E-state index is 0.644. The number of hydrogen-bond donors (Lipinski definition) is 0. The van der Waals surface area contributed by atoms with Gasteiger partial charge in [0.1, 0.15) is 0 Å². The third-order valence-electron chi connectivity index (χ3n) is 1.01. The van der Waals surface area contributed by atoms with Crippen LogP contribution in [0.1, 0.15) is 0 Å². The molecule has 0 fully saturated rings. The summed E-state index contributed by atoms with van der Waals surface area (Å²) in [6.07, 6.45) is 4.16. The zero-order chi connectivity index (χ0) is 5.11. The van der Waals surface area contributed by atoms with Crippen LogP contribution in [0.25, 0.3) is 0 Å². The summed E-state index contributed by atoms with van der Waals surface area (Å²) in [5, 5.41) is 2.13. The number of hydrogen-bond acceptors (Lipinski definition) is 1. The molecule has 0 aromatic rings. The molecule has 1 unspecified atom stereocenters. The zero-order valence-corrected chi connectivity index (χ0v) is 4.95. The molecule has 0 spiro atoms. The Hall–Kier alpha value is -0.170. The van der Waals surface area contributed by atoms with Gasteiger partial charge in [0, 0.05) is 11.7 Å². The first kappa shape index (κ1) is 4.98. The summed E-state index contributed by atoms with van der Waals surface area (Å²) in [6, 6.07) is 0. The van der Waals surface area contributed by atoms with Crippen molar-refractivity contribution in [2.75, 3.05) is 5.75 Å². The number of thioether (sulfide) groups is 1. The second kappa shape index (κ2) is 2.22. The van der Waals surface area contributed by atoms with E-state index in [1.807, 2.05) is 17.8 Å². The van der Waals surface area contributed by atoms with Gasteiger partial charge in [-0.3, -0.25) is 0 Å². The maximum absolute atomic E-state index is 3.68. The van der Waals surface area contributed by atoms with E-state index in [9.17, 15) is 0 Å². The molecular weight excluding hydrogens is 104 g/mol. The van der Waals surface area contributed by atoms with Crippen LogP contribution in [0, 0.1) is 5.92 Å². The van der Waals surface area contributed by atoms with E-state index in [0.29, 0.717) is 5.92 Å². The SMILES string of the molecule is C=CC1C=CSC1. The van der Waals surface area contributed by atoms with Crippen LogP contribution >= 0.6 is 11.8 Å². The molecule has 0 aliphatic carbocycles. The van der Waals surface area contributed by atoms with E-state index in [1.54, 1.807) is 0 Å². The summed E-state index contributed by atoms with van der Waals surface area (Å²) in [5.74, 6) is 1.84. The van der Waals surface area contributed by atoms with Crippen molar-refractivity contribution in [2.24, 2.45) is 5.92 Å². The van der Waals surface area contributed by atoms with Gasteiger partial charge in [-0.25, -0.2) is 0 Å². The van der Waals surface area contributed by atoms with Gasteiger partial charge in [-0.1, -0.05) is 12.2 Å². The van der Waals surface area contributed by atoms with Gasteiger partial charge in [-0.05, 0) is 5.41 Å². The second-order valence-corrected chi connectivity index (χ2v) is 2.50. The minimum Gasteiger partial charge on any atom is -0.134 e. The van der Waals surface area contributed by atoms with Crippen LogP contribution < -0.4 is 0 Å². The van der Waals surface area contributed by atoms with Crippen molar-refractivity contribution < 1.29 is 0 Å². The van der Waals surface area contributed by atoms with Crippen LogP contribution in [0.4, 0.5) is 0 Å². The molecular formula is C6H8S.